The second-order valence-corrected chi connectivity index (χ2v) is 7.67. The van der Waals surface area contributed by atoms with Crippen LogP contribution in [0.2, 0.25) is 10.0 Å². The van der Waals surface area contributed by atoms with Gasteiger partial charge in [-0.15, -0.1) is 0 Å². The summed E-state index contributed by atoms with van der Waals surface area (Å²) >= 11 is 11.8. The number of amides is 3. The summed E-state index contributed by atoms with van der Waals surface area (Å²) in [6, 6.07) is 10.3. The quantitative estimate of drug-likeness (QED) is 0.738. The summed E-state index contributed by atoms with van der Waals surface area (Å²) in [4.78, 5) is 26.4. The molecule has 0 radical (unpaired) electrons. The number of anilines is 2. The van der Waals surface area contributed by atoms with Crippen LogP contribution in [0, 0.1) is 5.92 Å². The zero-order valence-electron chi connectivity index (χ0n) is 15.2. The molecule has 0 aromatic heterocycles. The lowest BCUT2D eigenvalue weighted by Gasteiger charge is -2.30. The number of halogens is 2. The molecule has 1 aliphatic rings. The molecule has 0 unspecified atom stereocenters. The molecule has 142 valence electrons. The maximum absolute atomic E-state index is 12.3. The van der Waals surface area contributed by atoms with Crippen molar-refractivity contribution in [3.63, 3.8) is 0 Å². The Morgan fingerprint density at radius 3 is 2.30 bits per heavy atom. The van der Waals surface area contributed by atoms with Crippen molar-refractivity contribution in [3.8, 4) is 0 Å². The van der Waals surface area contributed by atoms with E-state index in [0.29, 0.717) is 28.0 Å². The van der Waals surface area contributed by atoms with Gasteiger partial charge in [0.05, 0.1) is 10.0 Å². The van der Waals surface area contributed by atoms with Crippen molar-refractivity contribution in [2.75, 3.05) is 17.2 Å². The zero-order valence-corrected chi connectivity index (χ0v) is 16.7. The van der Waals surface area contributed by atoms with Crippen LogP contribution in [0.25, 0.3) is 0 Å². The first-order valence-electron chi connectivity index (χ1n) is 8.77. The lowest BCUT2D eigenvalue weighted by atomic mass is 9.98. The predicted molar refractivity (Wildman–Crippen MR) is 110 cm³/mol. The molecule has 5 nitrogen and oxygen atoms in total. The van der Waals surface area contributed by atoms with Gasteiger partial charge in [0.2, 0.25) is 5.91 Å². The van der Waals surface area contributed by atoms with Crippen LogP contribution in [0.15, 0.2) is 36.4 Å². The van der Waals surface area contributed by atoms with Crippen LogP contribution in [0.4, 0.5) is 16.2 Å². The number of carbonyl (C=O) groups excluding carboxylic acids is 2. The maximum Gasteiger partial charge on any atom is 0.323 e. The van der Waals surface area contributed by atoms with Gasteiger partial charge < -0.3 is 15.5 Å². The van der Waals surface area contributed by atoms with Crippen molar-refractivity contribution >= 4 is 46.5 Å². The third kappa shape index (κ3) is 4.73. The van der Waals surface area contributed by atoms with Gasteiger partial charge in [-0.3, -0.25) is 4.79 Å². The highest BCUT2D eigenvalue weighted by Gasteiger charge is 2.22. The average molecular weight is 406 g/mol. The highest BCUT2D eigenvalue weighted by atomic mass is 35.5. The number of nitrogens with one attached hydrogen (secondary N) is 2. The third-order valence-corrected chi connectivity index (χ3v) is 5.20. The first-order chi connectivity index (χ1) is 12.8. The molecule has 1 heterocycles. The maximum atomic E-state index is 12.3. The van der Waals surface area contributed by atoms with Crippen molar-refractivity contribution in [3.05, 3.63) is 57.6 Å². The number of rotatable bonds is 3. The first-order valence-corrected chi connectivity index (χ1v) is 9.52. The van der Waals surface area contributed by atoms with E-state index >= 15 is 0 Å². The summed E-state index contributed by atoms with van der Waals surface area (Å²) in [6.07, 6.45) is 0.823. The van der Waals surface area contributed by atoms with Gasteiger partial charge in [0, 0.05) is 30.4 Å². The van der Waals surface area contributed by atoms with Crippen molar-refractivity contribution in [1.29, 1.82) is 0 Å². The topological polar surface area (TPSA) is 61.4 Å². The van der Waals surface area contributed by atoms with Gasteiger partial charge in [-0.05, 0) is 47.9 Å². The van der Waals surface area contributed by atoms with Gasteiger partial charge in [0.15, 0.2) is 0 Å². The number of carbonyl (C=O) groups is 2. The van der Waals surface area contributed by atoms with Crippen molar-refractivity contribution in [2.45, 2.75) is 26.8 Å². The second-order valence-electron chi connectivity index (χ2n) is 6.86. The lowest BCUT2D eigenvalue weighted by molar-refractivity contribution is -0.135. The zero-order chi connectivity index (χ0) is 19.6. The number of benzene rings is 2. The fraction of sp³-hybridized carbons (Fsp3) is 0.300. The molecule has 1 aliphatic heterocycles. The third-order valence-electron chi connectivity index (χ3n) is 4.46. The molecule has 0 saturated heterocycles. The monoisotopic (exact) mass is 405 g/mol. The van der Waals surface area contributed by atoms with Crippen LogP contribution in [-0.2, 0) is 17.8 Å². The fourth-order valence-electron chi connectivity index (χ4n) is 3.06. The van der Waals surface area contributed by atoms with E-state index in [1.807, 2.05) is 36.9 Å². The molecule has 27 heavy (non-hydrogen) atoms. The van der Waals surface area contributed by atoms with Gasteiger partial charge in [-0.2, -0.15) is 0 Å². The Balaban J connectivity index is 1.68. The molecular weight excluding hydrogens is 385 g/mol. The summed E-state index contributed by atoms with van der Waals surface area (Å²) in [5.74, 6) is 0.126. The van der Waals surface area contributed by atoms with Gasteiger partial charge >= 0.3 is 6.03 Å². The molecule has 0 saturated carbocycles. The number of fused-ring (bicyclic) bond motifs is 1. The molecule has 0 bridgehead atoms. The second kappa shape index (κ2) is 8.19. The normalized spacial score (nSPS) is 13.3. The van der Waals surface area contributed by atoms with Gasteiger partial charge in [-0.25, -0.2) is 4.79 Å². The molecule has 7 heteroatoms. The van der Waals surface area contributed by atoms with Crippen LogP contribution < -0.4 is 10.6 Å². The van der Waals surface area contributed by atoms with Crippen LogP contribution in [-0.4, -0.2) is 23.4 Å². The summed E-state index contributed by atoms with van der Waals surface area (Å²) in [6.45, 7) is 5.11. The Morgan fingerprint density at radius 2 is 1.63 bits per heavy atom. The number of hydrogen-bond donors (Lipinski definition) is 2. The molecule has 2 aromatic carbocycles. The van der Waals surface area contributed by atoms with E-state index in [2.05, 4.69) is 10.6 Å². The summed E-state index contributed by atoms with van der Waals surface area (Å²) < 4.78 is 0. The highest BCUT2D eigenvalue weighted by Crippen LogP contribution is 2.26. The number of nitrogens with zero attached hydrogens (tertiary/aromatic N) is 1. The molecule has 3 rings (SSSR count). The van der Waals surface area contributed by atoms with Gasteiger partial charge in [0.25, 0.3) is 0 Å². The Labute approximate surface area is 168 Å². The molecule has 3 amide bonds. The molecule has 0 atom stereocenters. The van der Waals surface area contributed by atoms with Crippen LogP contribution in [0.5, 0.6) is 0 Å². The minimum absolute atomic E-state index is 0.0233. The van der Waals surface area contributed by atoms with E-state index in [-0.39, 0.29) is 17.9 Å². The van der Waals surface area contributed by atoms with E-state index < -0.39 is 0 Å². The summed E-state index contributed by atoms with van der Waals surface area (Å²) in [5, 5.41) is 6.34. The van der Waals surface area contributed by atoms with Crippen LogP contribution in [0.1, 0.15) is 25.0 Å². The largest absolute Gasteiger partial charge is 0.338 e. The molecule has 0 spiro atoms. The SMILES string of the molecule is CC(C)C(=O)N1CCc2ccc(NC(=O)Nc3ccc(Cl)c(Cl)c3)cc2C1. The molecule has 0 fully saturated rings. The van der Waals surface area contributed by atoms with Crippen LogP contribution >= 0.6 is 23.2 Å². The Morgan fingerprint density at radius 1 is 0.963 bits per heavy atom. The Kier molecular flexibility index (Phi) is 5.92. The van der Waals surface area contributed by atoms with E-state index in [9.17, 15) is 9.59 Å². The first kappa shape index (κ1) is 19.5. The van der Waals surface area contributed by atoms with Gasteiger partial charge in [-0.1, -0.05) is 43.1 Å². The van der Waals surface area contributed by atoms with Crippen molar-refractivity contribution < 1.29 is 9.59 Å². The van der Waals surface area contributed by atoms with Gasteiger partial charge in [0.1, 0.15) is 0 Å². The minimum Gasteiger partial charge on any atom is -0.338 e. The molecular formula is C20H21Cl2N3O2. The molecule has 2 aromatic rings. The highest BCUT2D eigenvalue weighted by molar-refractivity contribution is 6.42. The van der Waals surface area contributed by atoms with E-state index in [4.69, 9.17) is 23.2 Å². The standard InChI is InChI=1S/C20H21Cl2N3O2/c1-12(2)19(26)25-8-7-13-3-4-15(9-14(13)11-25)23-20(27)24-16-5-6-17(21)18(22)10-16/h3-6,9-10,12H,7-8,11H2,1-2H3,(H2,23,24,27). The lowest BCUT2D eigenvalue weighted by Crippen LogP contribution is -2.38. The fourth-order valence-corrected chi connectivity index (χ4v) is 3.35. The smallest absolute Gasteiger partial charge is 0.323 e. The summed E-state index contributed by atoms with van der Waals surface area (Å²) in [5.41, 5.74) is 3.49. The number of hydrogen-bond acceptors (Lipinski definition) is 2. The molecule has 0 aliphatic carbocycles. The van der Waals surface area contributed by atoms with E-state index in [0.717, 1.165) is 18.5 Å². The van der Waals surface area contributed by atoms with Crippen LogP contribution in [0.3, 0.4) is 0 Å². The summed E-state index contributed by atoms with van der Waals surface area (Å²) in [7, 11) is 0. The molecule has 2 N–H and O–H groups in total. The average Bonchev–Trinajstić information content (AvgIpc) is 2.63. The Hall–Kier alpha value is -2.24. The predicted octanol–water partition coefficient (Wildman–Crippen LogP) is 5.18. The van der Waals surface area contributed by atoms with Crippen molar-refractivity contribution in [2.24, 2.45) is 5.92 Å². The minimum atomic E-state index is -0.376. The Bertz CT molecular complexity index is 884. The van der Waals surface area contributed by atoms with Crippen molar-refractivity contribution in [1.82, 2.24) is 4.90 Å². The number of urea groups is 1. The van der Waals surface area contributed by atoms with E-state index in [1.54, 1.807) is 18.2 Å². The van der Waals surface area contributed by atoms with E-state index in [1.165, 1.54) is 5.56 Å².